The molecule has 0 aliphatic rings. The van der Waals surface area contributed by atoms with Crippen molar-refractivity contribution in [2.45, 2.75) is 6.04 Å². The Kier molecular flexibility index (Phi) is 4.38. The summed E-state index contributed by atoms with van der Waals surface area (Å²) in [5, 5.41) is 26.6. The number of amides is 1. The van der Waals surface area contributed by atoms with Gasteiger partial charge in [0, 0.05) is 6.07 Å². The van der Waals surface area contributed by atoms with Crippen LogP contribution < -0.4 is 10.9 Å². The summed E-state index contributed by atoms with van der Waals surface area (Å²) in [5.41, 5.74) is -0.708. The molecule has 3 rings (SSSR count). The Hall–Kier alpha value is -2.98. The summed E-state index contributed by atoms with van der Waals surface area (Å²) in [6, 6.07) is 2.18. The lowest BCUT2D eigenvalue weighted by Gasteiger charge is -2.19. The van der Waals surface area contributed by atoms with Crippen LogP contribution in [-0.4, -0.2) is 42.7 Å². The second-order valence-electron chi connectivity index (χ2n) is 5.02. The molecule has 2 heterocycles. The van der Waals surface area contributed by atoms with Crippen molar-refractivity contribution in [3.63, 3.8) is 0 Å². The quantitative estimate of drug-likeness (QED) is 0.547. The first-order chi connectivity index (χ1) is 11.9. The highest BCUT2D eigenvalue weighted by Crippen LogP contribution is 2.24. The molecule has 0 saturated carbocycles. The molecule has 0 radical (unpaired) electrons. The number of aromatic amines is 1. The Morgan fingerprint density at radius 3 is 2.84 bits per heavy atom. The number of aliphatic hydroxyl groups excluding tert-OH is 1. The Bertz CT molecular complexity index is 1000. The van der Waals surface area contributed by atoms with E-state index in [0.29, 0.717) is 0 Å². The molecule has 0 fully saturated rings. The van der Waals surface area contributed by atoms with E-state index >= 15 is 0 Å². The van der Waals surface area contributed by atoms with Crippen LogP contribution in [0.4, 0.5) is 9.18 Å². The molecule has 0 spiro atoms. The van der Waals surface area contributed by atoms with Gasteiger partial charge in [0.15, 0.2) is 0 Å². The smallest absolute Gasteiger partial charge is 0.405 e. The van der Waals surface area contributed by atoms with Crippen LogP contribution in [0, 0.1) is 5.82 Å². The van der Waals surface area contributed by atoms with Crippen molar-refractivity contribution >= 4 is 28.6 Å². The number of nitrogens with one attached hydrogen (secondary N) is 2. The minimum Gasteiger partial charge on any atom is -0.465 e. The lowest BCUT2D eigenvalue weighted by atomic mass is 10.2. The number of H-pyrrole nitrogens is 1. The van der Waals surface area contributed by atoms with E-state index in [4.69, 9.17) is 16.7 Å². The number of nitrogens with zero attached hydrogens (tertiary/aromatic N) is 3. The van der Waals surface area contributed by atoms with E-state index < -0.39 is 30.1 Å². The molecule has 1 amide bonds. The third-order valence-corrected chi connectivity index (χ3v) is 3.72. The van der Waals surface area contributed by atoms with Crippen LogP contribution in [0.25, 0.3) is 16.7 Å². The fourth-order valence-corrected chi connectivity index (χ4v) is 2.66. The van der Waals surface area contributed by atoms with Crippen LogP contribution in [-0.2, 0) is 0 Å². The number of aliphatic hydroxyl groups is 1. The van der Waals surface area contributed by atoms with Crippen molar-refractivity contribution in [1.29, 1.82) is 0 Å². The summed E-state index contributed by atoms with van der Waals surface area (Å²) < 4.78 is 14.6. The number of hydrogen-bond acceptors (Lipinski definition) is 5. The lowest BCUT2D eigenvalue weighted by Crippen LogP contribution is -2.35. The van der Waals surface area contributed by atoms with Gasteiger partial charge in [0.2, 0.25) is 0 Å². The predicted octanol–water partition coefficient (Wildman–Crippen LogP) is 1.20. The second-order valence-corrected chi connectivity index (χ2v) is 5.43. The van der Waals surface area contributed by atoms with Crippen LogP contribution in [0.1, 0.15) is 11.9 Å². The molecule has 9 nitrogen and oxygen atoms in total. The van der Waals surface area contributed by atoms with Crippen LogP contribution in [0.15, 0.2) is 29.2 Å². The molecule has 25 heavy (non-hydrogen) atoms. The monoisotopic (exact) mass is 367 g/mol. The number of hydrogen-bond donors (Lipinski definition) is 4. The summed E-state index contributed by atoms with van der Waals surface area (Å²) in [7, 11) is 0. The summed E-state index contributed by atoms with van der Waals surface area (Å²) in [4.78, 5) is 28.0. The highest BCUT2D eigenvalue weighted by molar-refractivity contribution is 6.35. The summed E-state index contributed by atoms with van der Waals surface area (Å²) in [6.45, 7) is -0.669. The standard InChI is InChI=1S/C14H11ClFN5O4/c15-8-4-6(16)3-7-11(8)19-12(9(5-22)18-14(24)25)21(13(7)23)10-1-2-17-20-10/h1-4,9,18,22H,5H2,(H,17,20)(H,24,25). The minimum atomic E-state index is -1.42. The molecule has 2 aromatic heterocycles. The van der Waals surface area contributed by atoms with E-state index in [1.807, 2.05) is 0 Å². The van der Waals surface area contributed by atoms with E-state index in [0.717, 1.165) is 16.7 Å². The maximum atomic E-state index is 13.6. The largest absolute Gasteiger partial charge is 0.465 e. The highest BCUT2D eigenvalue weighted by atomic mass is 35.5. The zero-order valence-corrected chi connectivity index (χ0v) is 13.2. The molecule has 130 valence electrons. The van der Waals surface area contributed by atoms with Gasteiger partial charge in [-0.2, -0.15) is 5.10 Å². The maximum Gasteiger partial charge on any atom is 0.405 e. The van der Waals surface area contributed by atoms with E-state index in [9.17, 15) is 19.1 Å². The number of halogens is 2. The molecule has 11 heteroatoms. The Morgan fingerprint density at radius 2 is 2.24 bits per heavy atom. The molecule has 4 N–H and O–H groups in total. The SMILES string of the molecule is O=C(O)NC(CO)c1nc2c(Cl)cc(F)cc2c(=O)n1-c1ccn[nH]1. The van der Waals surface area contributed by atoms with Gasteiger partial charge in [-0.25, -0.2) is 18.7 Å². The van der Waals surface area contributed by atoms with Crippen LogP contribution >= 0.6 is 11.6 Å². The van der Waals surface area contributed by atoms with Gasteiger partial charge in [-0.15, -0.1) is 0 Å². The molecule has 0 bridgehead atoms. The zero-order chi connectivity index (χ0) is 18.1. The van der Waals surface area contributed by atoms with Crippen molar-refractivity contribution in [1.82, 2.24) is 25.1 Å². The van der Waals surface area contributed by atoms with Crippen LogP contribution in [0.3, 0.4) is 0 Å². The number of fused-ring (bicyclic) bond motifs is 1. The molecular weight excluding hydrogens is 357 g/mol. The van der Waals surface area contributed by atoms with Gasteiger partial charge in [0.05, 0.1) is 28.7 Å². The maximum absolute atomic E-state index is 13.6. The van der Waals surface area contributed by atoms with Gasteiger partial charge < -0.3 is 15.5 Å². The predicted molar refractivity (Wildman–Crippen MR) is 85.4 cm³/mol. The highest BCUT2D eigenvalue weighted by Gasteiger charge is 2.24. The molecule has 3 aromatic rings. The third-order valence-electron chi connectivity index (χ3n) is 3.44. The van der Waals surface area contributed by atoms with E-state index in [2.05, 4.69) is 20.5 Å². The van der Waals surface area contributed by atoms with Crippen LogP contribution in [0.5, 0.6) is 0 Å². The Balaban J connectivity index is 2.39. The van der Waals surface area contributed by atoms with Crippen molar-refractivity contribution in [3.8, 4) is 5.82 Å². The lowest BCUT2D eigenvalue weighted by molar-refractivity contribution is 0.175. The number of aromatic nitrogens is 4. The summed E-state index contributed by atoms with van der Waals surface area (Å²) >= 11 is 5.97. The first kappa shape index (κ1) is 16.9. The molecule has 1 atom stereocenters. The van der Waals surface area contributed by atoms with Crippen molar-refractivity contribution in [2.75, 3.05) is 6.61 Å². The molecule has 0 aliphatic heterocycles. The number of carboxylic acid groups (broad SMARTS) is 1. The van der Waals surface area contributed by atoms with E-state index in [1.54, 1.807) is 0 Å². The molecular formula is C14H11ClFN5O4. The van der Waals surface area contributed by atoms with Crippen LogP contribution in [0.2, 0.25) is 5.02 Å². The summed E-state index contributed by atoms with van der Waals surface area (Å²) in [5.74, 6) is -0.678. The Morgan fingerprint density at radius 1 is 1.48 bits per heavy atom. The first-order valence-corrected chi connectivity index (χ1v) is 7.32. The van der Waals surface area contributed by atoms with Gasteiger partial charge in [-0.05, 0) is 12.1 Å². The third kappa shape index (κ3) is 3.04. The topological polar surface area (TPSA) is 133 Å². The molecule has 1 unspecified atom stereocenters. The van der Waals surface area contributed by atoms with Crippen molar-refractivity contribution in [3.05, 3.63) is 51.4 Å². The number of benzene rings is 1. The molecule has 0 aliphatic carbocycles. The van der Waals surface area contributed by atoms with Gasteiger partial charge in [-0.3, -0.25) is 9.89 Å². The van der Waals surface area contributed by atoms with Crippen molar-refractivity contribution in [2.24, 2.45) is 0 Å². The van der Waals surface area contributed by atoms with E-state index in [1.165, 1.54) is 12.3 Å². The normalized spacial score (nSPS) is 12.3. The van der Waals surface area contributed by atoms with E-state index in [-0.39, 0.29) is 27.6 Å². The Labute approximate surface area is 143 Å². The average Bonchev–Trinajstić information content (AvgIpc) is 3.07. The van der Waals surface area contributed by atoms with Gasteiger partial charge in [-0.1, -0.05) is 11.6 Å². The fraction of sp³-hybridized carbons (Fsp3) is 0.143. The van der Waals surface area contributed by atoms with Crippen molar-refractivity contribution < 1.29 is 19.4 Å². The van der Waals surface area contributed by atoms with Gasteiger partial charge in [0.1, 0.15) is 23.5 Å². The summed E-state index contributed by atoms with van der Waals surface area (Å²) in [6.07, 6.45) is -0.0536. The fourth-order valence-electron chi connectivity index (χ4n) is 2.41. The number of rotatable bonds is 4. The second kappa shape index (κ2) is 6.49. The van der Waals surface area contributed by atoms with Gasteiger partial charge >= 0.3 is 6.09 Å². The molecule has 0 saturated heterocycles. The molecule has 1 aromatic carbocycles. The van der Waals surface area contributed by atoms with Gasteiger partial charge in [0.25, 0.3) is 5.56 Å². The number of carbonyl (C=O) groups is 1. The first-order valence-electron chi connectivity index (χ1n) is 6.94. The zero-order valence-electron chi connectivity index (χ0n) is 12.4. The minimum absolute atomic E-state index is 0.00975. The average molecular weight is 368 g/mol.